The second-order valence-corrected chi connectivity index (χ2v) is 7.15. The SMILES string of the molecule is C1CCNC1.CCCC1Oc2ccccc2C(=O)C1(CCC#N)CCC#N. The third-order valence-electron chi connectivity index (χ3n) is 5.34. The van der Waals surface area contributed by atoms with Gasteiger partial charge in [0.15, 0.2) is 5.78 Å². The molecule has 0 spiro atoms. The van der Waals surface area contributed by atoms with Crippen molar-refractivity contribution in [1.82, 2.24) is 5.32 Å². The van der Waals surface area contributed by atoms with E-state index in [0.717, 1.165) is 12.8 Å². The van der Waals surface area contributed by atoms with Gasteiger partial charge in [-0.1, -0.05) is 25.5 Å². The summed E-state index contributed by atoms with van der Waals surface area (Å²) in [5.74, 6) is 0.647. The van der Waals surface area contributed by atoms with Gasteiger partial charge < -0.3 is 10.1 Å². The highest BCUT2D eigenvalue weighted by molar-refractivity contribution is 6.04. The maximum atomic E-state index is 13.1. The van der Waals surface area contributed by atoms with E-state index in [1.807, 2.05) is 25.1 Å². The smallest absolute Gasteiger partial charge is 0.176 e. The Morgan fingerprint density at radius 1 is 1.15 bits per heavy atom. The summed E-state index contributed by atoms with van der Waals surface area (Å²) in [6, 6.07) is 11.5. The van der Waals surface area contributed by atoms with E-state index in [4.69, 9.17) is 15.3 Å². The van der Waals surface area contributed by atoms with Crippen LogP contribution in [0.2, 0.25) is 0 Å². The van der Waals surface area contributed by atoms with E-state index in [1.165, 1.54) is 25.9 Å². The van der Waals surface area contributed by atoms with Crippen molar-refractivity contribution in [2.45, 2.75) is 64.4 Å². The minimum Gasteiger partial charge on any atom is -0.489 e. The van der Waals surface area contributed by atoms with Crippen LogP contribution in [0.25, 0.3) is 0 Å². The van der Waals surface area contributed by atoms with E-state index >= 15 is 0 Å². The number of nitriles is 2. The first kappa shape index (κ1) is 20.9. The molecule has 5 nitrogen and oxygen atoms in total. The first-order valence-corrected chi connectivity index (χ1v) is 9.94. The van der Waals surface area contributed by atoms with Crippen LogP contribution in [0.4, 0.5) is 0 Å². The van der Waals surface area contributed by atoms with Crippen LogP contribution in [-0.2, 0) is 0 Å². The number of rotatable bonds is 6. The Hall–Kier alpha value is -2.37. The number of Topliss-reactive ketones (excluding diaryl/α,β-unsaturated/α-hetero) is 1. The Balaban J connectivity index is 0.000000451. The zero-order valence-electron chi connectivity index (χ0n) is 16.2. The van der Waals surface area contributed by atoms with Gasteiger partial charge >= 0.3 is 0 Å². The van der Waals surface area contributed by atoms with Crippen LogP contribution in [-0.4, -0.2) is 25.0 Å². The number of ether oxygens (including phenoxy) is 1. The lowest BCUT2D eigenvalue weighted by Crippen LogP contribution is -2.49. The Kier molecular flexibility index (Phi) is 8.30. The first-order chi connectivity index (χ1) is 13.2. The van der Waals surface area contributed by atoms with E-state index in [1.54, 1.807) is 6.07 Å². The van der Waals surface area contributed by atoms with Crippen molar-refractivity contribution in [2.75, 3.05) is 13.1 Å². The second kappa shape index (κ2) is 10.7. The molecule has 1 saturated heterocycles. The molecule has 2 aliphatic heterocycles. The van der Waals surface area contributed by atoms with Crippen LogP contribution >= 0.6 is 0 Å². The third-order valence-corrected chi connectivity index (χ3v) is 5.34. The van der Waals surface area contributed by atoms with Gasteiger partial charge in [-0.2, -0.15) is 10.5 Å². The lowest BCUT2D eigenvalue weighted by molar-refractivity contribution is 0.0142. The highest BCUT2D eigenvalue weighted by atomic mass is 16.5. The van der Waals surface area contributed by atoms with Crippen molar-refractivity contribution in [2.24, 2.45) is 5.41 Å². The molecule has 1 fully saturated rings. The van der Waals surface area contributed by atoms with Crippen LogP contribution in [0.5, 0.6) is 5.75 Å². The molecular weight excluding hydrogens is 338 g/mol. The summed E-state index contributed by atoms with van der Waals surface area (Å²) >= 11 is 0. The Labute approximate surface area is 162 Å². The van der Waals surface area contributed by atoms with Crippen molar-refractivity contribution in [3.05, 3.63) is 29.8 Å². The lowest BCUT2D eigenvalue weighted by atomic mass is 9.66. The largest absolute Gasteiger partial charge is 0.489 e. The standard InChI is InChI=1S/C18H20N2O2.C4H9N/c1-2-7-16-18(10-5-12-19,11-6-13-20)17(21)14-8-3-4-9-15(14)22-16;1-2-4-5-3-1/h3-4,8-9,16H,2,5-7,10-11H2,1H3;5H,1-4H2. The molecule has 1 N–H and O–H groups in total. The van der Waals surface area contributed by atoms with Gasteiger partial charge in [-0.15, -0.1) is 0 Å². The number of nitrogens with zero attached hydrogens (tertiary/aromatic N) is 2. The first-order valence-electron chi connectivity index (χ1n) is 9.94. The number of carbonyl (C=O) groups excluding carboxylic acids is 1. The van der Waals surface area contributed by atoms with Gasteiger partial charge in [-0.25, -0.2) is 0 Å². The number of ketones is 1. The fourth-order valence-corrected chi connectivity index (χ4v) is 3.89. The molecule has 3 rings (SSSR count). The molecule has 5 heteroatoms. The topological polar surface area (TPSA) is 85.9 Å². The van der Waals surface area contributed by atoms with Crippen LogP contribution in [0.3, 0.4) is 0 Å². The van der Waals surface area contributed by atoms with Gasteiger partial charge in [0.25, 0.3) is 0 Å². The van der Waals surface area contributed by atoms with Gasteiger partial charge in [0.2, 0.25) is 0 Å². The zero-order chi connectivity index (χ0) is 19.5. The Bertz CT molecular complexity index is 673. The number of hydrogen-bond acceptors (Lipinski definition) is 5. The molecule has 0 saturated carbocycles. The number of fused-ring (bicyclic) bond motifs is 1. The number of carbonyl (C=O) groups is 1. The predicted octanol–water partition coefficient (Wildman–Crippen LogP) is 4.39. The van der Waals surface area contributed by atoms with Crippen molar-refractivity contribution in [1.29, 1.82) is 10.5 Å². The average Bonchev–Trinajstić information content (AvgIpc) is 3.28. The molecule has 0 aromatic heterocycles. The molecule has 27 heavy (non-hydrogen) atoms. The van der Waals surface area contributed by atoms with E-state index < -0.39 is 5.41 Å². The predicted molar refractivity (Wildman–Crippen MR) is 104 cm³/mol. The van der Waals surface area contributed by atoms with Gasteiger partial charge in [-0.05, 0) is 57.3 Å². The molecule has 0 bridgehead atoms. The molecule has 1 atom stereocenters. The van der Waals surface area contributed by atoms with Crippen molar-refractivity contribution < 1.29 is 9.53 Å². The fraction of sp³-hybridized carbons (Fsp3) is 0.591. The van der Waals surface area contributed by atoms with Gasteiger partial charge in [0, 0.05) is 12.8 Å². The summed E-state index contributed by atoms with van der Waals surface area (Å²) in [5.41, 5.74) is -0.179. The molecule has 0 radical (unpaired) electrons. The second-order valence-electron chi connectivity index (χ2n) is 7.15. The number of nitrogens with one attached hydrogen (secondary N) is 1. The molecule has 144 valence electrons. The quantitative estimate of drug-likeness (QED) is 0.805. The fourth-order valence-electron chi connectivity index (χ4n) is 3.89. The van der Waals surface area contributed by atoms with Crippen molar-refractivity contribution >= 4 is 5.78 Å². The maximum absolute atomic E-state index is 13.1. The molecule has 2 heterocycles. The number of hydrogen-bond donors (Lipinski definition) is 1. The summed E-state index contributed by atoms with van der Waals surface area (Å²) in [6.45, 7) is 4.55. The maximum Gasteiger partial charge on any atom is 0.176 e. The summed E-state index contributed by atoms with van der Waals surface area (Å²) < 4.78 is 6.11. The van der Waals surface area contributed by atoms with Crippen LogP contribution in [0.1, 0.15) is 68.6 Å². The highest BCUT2D eigenvalue weighted by Gasteiger charge is 2.49. The summed E-state index contributed by atoms with van der Waals surface area (Å²) in [7, 11) is 0. The lowest BCUT2D eigenvalue weighted by Gasteiger charge is -2.43. The van der Waals surface area contributed by atoms with Gasteiger partial charge in [0.1, 0.15) is 11.9 Å². The number of para-hydroxylation sites is 1. The molecule has 0 amide bonds. The summed E-state index contributed by atoms with van der Waals surface area (Å²) in [5, 5.41) is 21.2. The highest BCUT2D eigenvalue weighted by Crippen LogP contribution is 2.46. The van der Waals surface area contributed by atoms with Crippen LogP contribution in [0.15, 0.2) is 24.3 Å². The zero-order valence-corrected chi connectivity index (χ0v) is 16.2. The minimum absolute atomic E-state index is 0.0262. The molecule has 1 aromatic carbocycles. The van der Waals surface area contributed by atoms with Gasteiger partial charge in [0.05, 0.1) is 23.1 Å². The molecule has 2 aliphatic rings. The molecular formula is C22H29N3O2. The normalized spacial score (nSPS) is 19.7. The van der Waals surface area contributed by atoms with E-state index in [9.17, 15) is 4.79 Å². The average molecular weight is 367 g/mol. The summed E-state index contributed by atoms with van der Waals surface area (Å²) in [6.07, 6.45) is 5.64. The Morgan fingerprint density at radius 2 is 1.78 bits per heavy atom. The third kappa shape index (κ3) is 5.08. The Morgan fingerprint density at radius 3 is 2.30 bits per heavy atom. The van der Waals surface area contributed by atoms with Crippen molar-refractivity contribution in [3.8, 4) is 17.9 Å². The van der Waals surface area contributed by atoms with Crippen LogP contribution in [0, 0.1) is 28.1 Å². The van der Waals surface area contributed by atoms with Crippen LogP contribution < -0.4 is 10.1 Å². The number of benzene rings is 1. The summed E-state index contributed by atoms with van der Waals surface area (Å²) in [4.78, 5) is 13.1. The monoisotopic (exact) mass is 367 g/mol. The van der Waals surface area contributed by atoms with Gasteiger partial charge in [-0.3, -0.25) is 4.79 Å². The minimum atomic E-state index is -0.754. The van der Waals surface area contributed by atoms with E-state index in [2.05, 4.69) is 17.5 Å². The molecule has 0 aliphatic carbocycles. The van der Waals surface area contributed by atoms with E-state index in [0.29, 0.717) is 37.0 Å². The van der Waals surface area contributed by atoms with Crippen molar-refractivity contribution in [3.63, 3.8) is 0 Å². The molecule has 1 aromatic rings. The van der Waals surface area contributed by atoms with E-state index in [-0.39, 0.29) is 11.9 Å². The molecule has 1 unspecified atom stereocenters.